The number of urea groups is 1. The third kappa shape index (κ3) is 5.71. The van der Waals surface area contributed by atoms with Crippen LogP contribution in [0, 0.1) is 0 Å². The minimum absolute atomic E-state index is 0.0392. The molecule has 2 amide bonds. The summed E-state index contributed by atoms with van der Waals surface area (Å²) >= 11 is 0. The average Bonchev–Trinajstić information content (AvgIpc) is 2.37. The van der Waals surface area contributed by atoms with Gasteiger partial charge in [0.2, 0.25) is 0 Å². The number of aliphatic carboxylic acids is 1. The van der Waals surface area contributed by atoms with Crippen molar-refractivity contribution in [2.24, 2.45) is 0 Å². The van der Waals surface area contributed by atoms with Gasteiger partial charge in [-0.3, -0.25) is 4.79 Å². The number of amides is 2. The molecular formula is C14H20N2O4. The zero-order valence-corrected chi connectivity index (χ0v) is 11.7. The maximum Gasteiger partial charge on any atom is 0.321 e. The number of rotatable bonds is 6. The van der Waals surface area contributed by atoms with Gasteiger partial charge in [0.1, 0.15) is 0 Å². The molecule has 6 heteroatoms. The van der Waals surface area contributed by atoms with Gasteiger partial charge in [-0.15, -0.1) is 0 Å². The number of aliphatic hydroxyl groups is 1. The number of benzene rings is 1. The third-order valence-corrected chi connectivity index (χ3v) is 2.79. The average molecular weight is 280 g/mol. The summed E-state index contributed by atoms with van der Waals surface area (Å²) in [6.45, 7) is 2.13. The molecule has 1 rings (SSSR count). The first-order valence-electron chi connectivity index (χ1n) is 6.39. The Balaban J connectivity index is 2.51. The predicted octanol–water partition coefficient (Wildman–Crippen LogP) is 1.55. The van der Waals surface area contributed by atoms with Gasteiger partial charge in [-0.1, -0.05) is 12.1 Å². The fraction of sp³-hybridized carbons (Fsp3) is 0.429. The van der Waals surface area contributed by atoms with Gasteiger partial charge in [-0.05, 0) is 31.0 Å². The lowest BCUT2D eigenvalue weighted by Crippen LogP contribution is -2.33. The highest BCUT2D eigenvalue weighted by Crippen LogP contribution is 2.11. The van der Waals surface area contributed by atoms with Crippen molar-refractivity contribution >= 4 is 17.7 Å². The van der Waals surface area contributed by atoms with E-state index in [0.29, 0.717) is 24.2 Å². The second-order valence-electron chi connectivity index (χ2n) is 4.76. The summed E-state index contributed by atoms with van der Waals surface area (Å²) in [5.74, 6) is -0.889. The summed E-state index contributed by atoms with van der Waals surface area (Å²) in [6.07, 6.45) is 0.0322. The number of carboxylic acid groups (broad SMARTS) is 1. The Bertz CT molecular complexity index is 457. The fourth-order valence-corrected chi connectivity index (χ4v) is 1.58. The van der Waals surface area contributed by atoms with Crippen LogP contribution >= 0.6 is 0 Å². The Morgan fingerprint density at radius 3 is 2.40 bits per heavy atom. The van der Waals surface area contributed by atoms with E-state index in [-0.39, 0.29) is 12.5 Å². The van der Waals surface area contributed by atoms with Gasteiger partial charge in [0.05, 0.1) is 12.5 Å². The van der Waals surface area contributed by atoms with E-state index in [1.807, 2.05) is 0 Å². The van der Waals surface area contributed by atoms with Gasteiger partial charge in [0, 0.05) is 19.3 Å². The van der Waals surface area contributed by atoms with Crippen LogP contribution in [0.1, 0.15) is 18.9 Å². The molecule has 0 aliphatic rings. The SMILES string of the molecule is CC(O)CCN(C)C(=O)Nc1ccc(CC(=O)O)cc1. The number of aliphatic hydroxyl groups excluding tert-OH is 1. The van der Waals surface area contributed by atoms with Crippen LogP contribution < -0.4 is 5.32 Å². The van der Waals surface area contributed by atoms with E-state index >= 15 is 0 Å². The first-order chi connectivity index (χ1) is 9.38. The van der Waals surface area contributed by atoms with E-state index in [9.17, 15) is 9.59 Å². The van der Waals surface area contributed by atoms with Gasteiger partial charge < -0.3 is 20.4 Å². The molecule has 6 nitrogen and oxygen atoms in total. The Labute approximate surface area is 118 Å². The number of anilines is 1. The van der Waals surface area contributed by atoms with Crippen molar-refractivity contribution in [3.63, 3.8) is 0 Å². The summed E-state index contributed by atoms with van der Waals surface area (Å²) in [7, 11) is 1.65. The van der Waals surface area contributed by atoms with Crippen molar-refractivity contribution in [2.75, 3.05) is 18.9 Å². The van der Waals surface area contributed by atoms with Crippen LogP contribution in [0.2, 0.25) is 0 Å². The summed E-state index contributed by atoms with van der Waals surface area (Å²) < 4.78 is 0. The molecule has 0 aliphatic carbocycles. The quantitative estimate of drug-likeness (QED) is 0.737. The van der Waals surface area contributed by atoms with E-state index in [2.05, 4.69) is 5.32 Å². The molecule has 0 heterocycles. The summed E-state index contributed by atoms with van der Waals surface area (Å²) in [6, 6.07) is 6.40. The minimum Gasteiger partial charge on any atom is -0.481 e. The zero-order chi connectivity index (χ0) is 15.1. The number of hydrogen-bond donors (Lipinski definition) is 3. The van der Waals surface area contributed by atoms with E-state index in [1.165, 1.54) is 4.90 Å². The van der Waals surface area contributed by atoms with Gasteiger partial charge in [0.25, 0.3) is 0 Å². The monoisotopic (exact) mass is 280 g/mol. The van der Waals surface area contributed by atoms with Crippen LogP contribution in [0.3, 0.4) is 0 Å². The predicted molar refractivity (Wildman–Crippen MR) is 75.7 cm³/mol. The normalized spacial score (nSPS) is 11.8. The van der Waals surface area contributed by atoms with Crippen LogP contribution in [0.4, 0.5) is 10.5 Å². The number of carbonyl (C=O) groups excluding carboxylic acids is 1. The van der Waals surface area contributed by atoms with Gasteiger partial charge in [-0.25, -0.2) is 4.79 Å². The van der Waals surface area contributed by atoms with Gasteiger partial charge >= 0.3 is 12.0 Å². The van der Waals surface area contributed by atoms with Crippen molar-refractivity contribution in [1.29, 1.82) is 0 Å². The molecule has 0 spiro atoms. The molecule has 0 aromatic heterocycles. The molecule has 0 saturated carbocycles. The molecule has 0 fully saturated rings. The summed E-state index contributed by atoms with van der Waals surface area (Å²) in [5.41, 5.74) is 1.28. The van der Waals surface area contributed by atoms with Crippen molar-refractivity contribution in [2.45, 2.75) is 25.9 Å². The van der Waals surface area contributed by atoms with Crippen LogP contribution in [0.25, 0.3) is 0 Å². The number of hydrogen-bond acceptors (Lipinski definition) is 3. The highest BCUT2D eigenvalue weighted by molar-refractivity contribution is 5.89. The lowest BCUT2D eigenvalue weighted by molar-refractivity contribution is -0.136. The van der Waals surface area contributed by atoms with Crippen molar-refractivity contribution in [1.82, 2.24) is 4.90 Å². The van der Waals surface area contributed by atoms with E-state index in [1.54, 1.807) is 38.2 Å². The molecule has 0 radical (unpaired) electrons. The van der Waals surface area contributed by atoms with Crippen molar-refractivity contribution in [3.8, 4) is 0 Å². The molecular weight excluding hydrogens is 260 g/mol. The maximum atomic E-state index is 11.8. The Morgan fingerprint density at radius 2 is 1.90 bits per heavy atom. The van der Waals surface area contributed by atoms with Crippen LogP contribution in [0.15, 0.2) is 24.3 Å². The largest absolute Gasteiger partial charge is 0.481 e. The molecule has 0 bridgehead atoms. The van der Waals surface area contributed by atoms with Crippen molar-refractivity contribution in [3.05, 3.63) is 29.8 Å². The number of nitrogens with one attached hydrogen (secondary N) is 1. The number of carbonyl (C=O) groups is 2. The lowest BCUT2D eigenvalue weighted by atomic mass is 10.1. The third-order valence-electron chi connectivity index (χ3n) is 2.79. The van der Waals surface area contributed by atoms with E-state index < -0.39 is 12.1 Å². The Kier molecular flexibility index (Phi) is 5.99. The molecule has 0 saturated heterocycles. The van der Waals surface area contributed by atoms with Crippen LogP contribution in [-0.4, -0.2) is 46.8 Å². The molecule has 1 atom stereocenters. The van der Waals surface area contributed by atoms with E-state index in [0.717, 1.165) is 0 Å². The minimum atomic E-state index is -0.889. The first-order valence-corrected chi connectivity index (χ1v) is 6.39. The Hall–Kier alpha value is -2.08. The topological polar surface area (TPSA) is 89.9 Å². The second kappa shape index (κ2) is 7.49. The van der Waals surface area contributed by atoms with E-state index in [4.69, 9.17) is 10.2 Å². The smallest absolute Gasteiger partial charge is 0.321 e. The Morgan fingerprint density at radius 1 is 1.30 bits per heavy atom. The van der Waals surface area contributed by atoms with Gasteiger partial charge in [0.15, 0.2) is 0 Å². The van der Waals surface area contributed by atoms with Crippen LogP contribution in [0.5, 0.6) is 0 Å². The number of carboxylic acids is 1. The zero-order valence-electron chi connectivity index (χ0n) is 11.7. The molecule has 0 aliphatic heterocycles. The molecule has 1 unspecified atom stereocenters. The summed E-state index contributed by atoms with van der Waals surface area (Å²) in [4.78, 5) is 23.9. The lowest BCUT2D eigenvalue weighted by Gasteiger charge is -2.18. The highest BCUT2D eigenvalue weighted by atomic mass is 16.4. The highest BCUT2D eigenvalue weighted by Gasteiger charge is 2.09. The van der Waals surface area contributed by atoms with Gasteiger partial charge in [-0.2, -0.15) is 0 Å². The maximum absolute atomic E-state index is 11.8. The van der Waals surface area contributed by atoms with Crippen molar-refractivity contribution < 1.29 is 19.8 Å². The molecule has 1 aromatic carbocycles. The molecule has 20 heavy (non-hydrogen) atoms. The second-order valence-corrected chi connectivity index (χ2v) is 4.76. The number of nitrogens with zero attached hydrogens (tertiary/aromatic N) is 1. The molecule has 1 aromatic rings. The van der Waals surface area contributed by atoms with Crippen LogP contribution in [-0.2, 0) is 11.2 Å². The summed E-state index contributed by atoms with van der Waals surface area (Å²) in [5, 5.41) is 20.5. The molecule has 3 N–H and O–H groups in total. The standard InChI is InChI=1S/C14H20N2O4/c1-10(17)7-8-16(2)14(20)15-12-5-3-11(4-6-12)9-13(18)19/h3-6,10,17H,7-9H2,1-2H3,(H,15,20)(H,18,19). The first kappa shape index (κ1) is 16.0. The molecule has 110 valence electrons. The fourth-order valence-electron chi connectivity index (χ4n) is 1.58.